The monoisotopic (exact) mass is 474 g/mol. The van der Waals surface area contributed by atoms with Crippen LogP contribution in [0.1, 0.15) is 37.3 Å². The maximum absolute atomic E-state index is 13.1. The molecule has 0 saturated heterocycles. The Morgan fingerprint density at radius 2 is 1.85 bits per heavy atom. The van der Waals surface area contributed by atoms with Gasteiger partial charge in [0.15, 0.2) is 0 Å². The summed E-state index contributed by atoms with van der Waals surface area (Å²) in [6.07, 6.45) is 2.19. The first-order valence-electron chi connectivity index (χ1n) is 10.7. The van der Waals surface area contributed by atoms with Crippen molar-refractivity contribution >= 4 is 27.7 Å². The zero-order valence-electron chi connectivity index (χ0n) is 18.3. The average Bonchev–Trinajstić information content (AvgIpc) is 3.05. The van der Waals surface area contributed by atoms with Gasteiger partial charge in [0, 0.05) is 12.1 Å². The summed E-state index contributed by atoms with van der Waals surface area (Å²) >= 11 is 0. The zero-order valence-corrected chi connectivity index (χ0v) is 19.1. The average molecular weight is 475 g/mol. The molecule has 33 heavy (non-hydrogen) atoms. The normalized spacial score (nSPS) is 17.1. The van der Waals surface area contributed by atoms with Crippen molar-refractivity contribution in [3.8, 4) is 0 Å². The maximum atomic E-state index is 13.1. The van der Waals surface area contributed by atoms with E-state index >= 15 is 0 Å². The minimum atomic E-state index is -3.72. The molecule has 3 rings (SSSR count). The molecule has 176 valence electrons. The minimum absolute atomic E-state index is 0.0126. The van der Waals surface area contributed by atoms with Gasteiger partial charge in [0.1, 0.15) is 17.7 Å². The molecule has 8 nitrogen and oxygen atoms in total. The van der Waals surface area contributed by atoms with E-state index in [1.54, 1.807) is 30.3 Å². The van der Waals surface area contributed by atoms with Crippen LogP contribution in [0.4, 0.5) is 4.39 Å². The molecule has 2 unspecified atom stereocenters. The first-order valence-corrected chi connectivity index (χ1v) is 12.2. The Balaban J connectivity index is 1.74. The van der Waals surface area contributed by atoms with Crippen LogP contribution in [0.3, 0.4) is 0 Å². The number of amides is 2. The van der Waals surface area contributed by atoms with Crippen molar-refractivity contribution in [1.82, 2.24) is 10.0 Å². The van der Waals surface area contributed by atoms with Gasteiger partial charge in [-0.05, 0) is 42.7 Å². The van der Waals surface area contributed by atoms with Gasteiger partial charge < -0.3 is 11.1 Å². The Morgan fingerprint density at radius 3 is 2.52 bits per heavy atom. The number of fused-ring (bicyclic) bond motifs is 1. The van der Waals surface area contributed by atoms with Crippen LogP contribution in [0.15, 0.2) is 58.4 Å². The largest absolute Gasteiger partial charge is 0.369 e. The smallest absolute Gasteiger partial charge is 0.263 e. The number of carbonyl (C=O) groups is 2. The van der Waals surface area contributed by atoms with Crippen LogP contribution in [0.2, 0.25) is 0 Å². The van der Waals surface area contributed by atoms with E-state index in [1.165, 1.54) is 18.2 Å². The van der Waals surface area contributed by atoms with E-state index in [4.69, 9.17) is 5.73 Å². The molecule has 0 spiro atoms. The van der Waals surface area contributed by atoms with Gasteiger partial charge in [-0.25, -0.2) is 12.8 Å². The van der Waals surface area contributed by atoms with Crippen LogP contribution >= 0.6 is 0 Å². The quantitative estimate of drug-likeness (QED) is 0.485. The van der Waals surface area contributed by atoms with E-state index < -0.39 is 33.8 Å². The number of hydrogen-bond donors (Lipinski definition) is 3. The van der Waals surface area contributed by atoms with E-state index in [0.29, 0.717) is 24.0 Å². The van der Waals surface area contributed by atoms with Gasteiger partial charge in [-0.1, -0.05) is 44.0 Å². The molecule has 1 heterocycles. The van der Waals surface area contributed by atoms with Gasteiger partial charge in [-0.2, -0.15) is 0 Å². The third-order valence-electron chi connectivity index (χ3n) is 5.40. The molecule has 0 radical (unpaired) electrons. The molecule has 2 amide bonds. The van der Waals surface area contributed by atoms with Crippen LogP contribution in [-0.2, 0) is 26.0 Å². The molecule has 0 aliphatic carbocycles. The molecular weight excluding hydrogens is 447 g/mol. The van der Waals surface area contributed by atoms with Crippen molar-refractivity contribution in [3.05, 3.63) is 65.5 Å². The summed E-state index contributed by atoms with van der Waals surface area (Å²) in [6.45, 7) is 1.96. The Hall–Kier alpha value is -3.27. The van der Waals surface area contributed by atoms with Gasteiger partial charge in [-0.3, -0.25) is 19.3 Å². The van der Waals surface area contributed by atoms with E-state index in [9.17, 15) is 22.4 Å². The Kier molecular flexibility index (Phi) is 7.80. The van der Waals surface area contributed by atoms with E-state index in [2.05, 4.69) is 15.0 Å². The number of carbonyl (C=O) groups excluding carboxylic acids is 2. The predicted molar refractivity (Wildman–Crippen MR) is 122 cm³/mol. The molecule has 2 aromatic carbocycles. The third-order valence-corrected chi connectivity index (χ3v) is 6.80. The second-order valence-electron chi connectivity index (χ2n) is 7.91. The van der Waals surface area contributed by atoms with Crippen molar-refractivity contribution in [2.75, 3.05) is 6.54 Å². The molecule has 0 bridgehead atoms. The highest BCUT2D eigenvalue weighted by atomic mass is 32.2. The minimum Gasteiger partial charge on any atom is -0.369 e. The van der Waals surface area contributed by atoms with Crippen molar-refractivity contribution < 1.29 is 22.4 Å². The van der Waals surface area contributed by atoms with E-state index in [0.717, 1.165) is 6.42 Å². The lowest BCUT2D eigenvalue weighted by molar-refractivity contribution is -0.124. The van der Waals surface area contributed by atoms with Crippen molar-refractivity contribution in [2.24, 2.45) is 16.6 Å². The predicted octanol–water partition coefficient (Wildman–Crippen LogP) is 1.88. The number of hydrogen-bond acceptors (Lipinski definition) is 5. The molecular formula is C23H27FN4O4S. The van der Waals surface area contributed by atoms with Crippen molar-refractivity contribution in [3.63, 3.8) is 0 Å². The molecule has 2 atom stereocenters. The topological polar surface area (TPSA) is 131 Å². The molecule has 0 saturated carbocycles. The summed E-state index contributed by atoms with van der Waals surface area (Å²) in [6, 6.07) is 11.3. The number of benzene rings is 2. The van der Waals surface area contributed by atoms with Crippen molar-refractivity contribution in [1.29, 1.82) is 0 Å². The first-order chi connectivity index (χ1) is 15.7. The standard InChI is InChI=1S/C23H27FN4O4S/c1-2-3-7-19(27-22-18-6-4-5-8-20(18)33(31,32)28-22)23(30)26-14-16(21(25)29)13-15-9-11-17(24)12-10-15/h4-6,8-12,16,19H,2-3,7,13-14H2,1H3,(H2,25,29)(H,26,30)(H,27,28). The van der Waals surface area contributed by atoms with Gasteiger partial charge in [0.2, 0.25) is 11.8 Å². The molecule has 4 N–H and O–H groups in total. The number of unbranched alkanes of at least 4 members (excludes halogenated alkanes) is 1. The van der Waals surface area contributed by atoms with E-state index in [1.807, 2.05) is 6.92 Å². The van der Waals surface area contributed by atoms with Crippen molar-refractivity contribution in [2.45, 2.75) is 43.5 Å². The Bertz CT molecular complexity index is 1150. The highest BCUT2D eigenvalue weighted by Crippen LogP contribution is 2.23. The highest BCUT2D eigenvalue weighted by Gasteiger charge is 2.32. The summed E-state index contributed by atoms with van der Waals surface area (Å²) in [7, 11) is -3.72. The fourth-order valence-electron chi connectivity index (χ4n) is 3.56. The molecule has 0 aromatic heterocycles. The maximum Gasteiger partial charge on any atom is 0.263 e. The van der Waals surface area contributed by atoms with Crippen LogP contribution in [0.25, 0.3) is 0 Å². The number of nitrogens with two attached hydrogens (primary N) is 1. The summed E-state index contributed by atoms with van der Waals surface area (Å²) in [5.74, 6) is -1.97. The van der Waals surface area contributed by atoms with Crippen LogP contribution < -0.4 is 15.8 Å². The lowest BCUT2D eigenvalue weighted by Gasteiger charge is -2.18. The zero-order chi connectivity index (χ0) is 24.0. The van der Waals surface area contributed by atoms with Crippen LogP contribution in [0, 0.1) is 11.7 Å². The lowest BCUT2D eigenvalue weighted by Crippen LogP contribution is -2.41. The van der Waals surface area contributed by atoms with Gasteiger partial charge in [0.05, 0.1) is 10.8 Å². The number of amidine groups is 1. The number of rotatable bonds is 10. The Labute approximate surface area is 192 Å². The van der Waals surface area contributed by atoms with Gasteiger partial charge in [0.25, 0.3) is 10.0 Å². The number of halogens is 1. The molecule has 0 fully saturated rings. The molecule has 1 aliphatic rings. The van der Waals surface area contributed by atoms with Gasteiger partial charge in [-0.15, -0.1) is 0 Å². The summed E-state index contributed by atoms with van der Waals surface area (Å²) < 4.78 is 40.2. The molecule has 10 heteroatoms. The summed E-state index contributed by atoms with van der Waals surface area (Å²) in [5.41, 5.74) is 6.64. The summed E-state index contributed by atoms with van der Waals surface area (Å²) in [4.78, 5) is 29.4. The molecule has 1 aliphatic heterocycles. The lowest BCUT2D eigenvalue weighted by atomic mass is 9.98. The first kappa shape index (κ1) is 24.4. The third kappa shape index (κ3) is 6.16. The molecule has 2 aromatic rings. The fraction of sp³-hybridized carbons (Fsp3) is 0.348. The number of aliphatic imine (C=N–C) groups is 1. The second-order valence-corrected chi connectivity index (χ2v) is 9.56. The number of nitrogens with one attached hydrogen (secondary N) is 2. The number of sulfonamides is 1. The Morgan fingerprint density at radius 1 is 1.15 bits per heavy atom. The fourth-order valence-corrected chi connectivity index (χ4v) is 4.80. The van der Waals surface area contributed by atoms with Gasteiger partial charge >= 0.3 is 0 Å². The number of primary amides is 1. The highest BCUT2D eigenvalue weighted by molar-refractivity contribution is 7.90. The SMILES string of the molecule is CCCCC(N=C1NS(=O)(=O)c2ccccc21)C(=O)NCC(Cc1ccc(F)cc1)C(N)=O. The summed E-state index contributed by atoms with van der Waals surface area (Å²) in [5, 5.41) is 2.73. The van der Waals surface area contributed by atoms with Crippen LogP contribution in [0.5, 0.6) is 0 Å². The number of nitrogens with zero attached hydrogens (tertiary/aromatic N) is 1. The second kappa shape index (κ2) is 10.6. The van der Waals surface area contributed by atoms with E-state index in [-0.39, 0.29) is 29.5 Å². The van der Waals surface area contributed by atoms with Crippen LogP contribution in [-0.4, -0.2) is 38.7 Å².